The average molecular weight is 207 g/mol. The minimum atomic E-state index is 0.706. The molecule has 1 saturated carbocycles. The number of hydrogen-bond donors (Lipinski definition) is 1. The number of hydrogen-bond acceptors (Lipinski definition) is 3. The second-order valence-electron chi connectivity index (χ2n) is 3.99. The summed E-state index contributed by atoms with van der Waals surface area (Å²) < 4.78 is 10.8. The molecule has 1 aromatic rings. The first-order chi connectivity index (χ1) is 7.29. The van der Waals surface area contributed by atoms with Gasteiger partial charge in [-0.3, -0.25) is 0 Å². The number of nitrogen functional groups attached to an aromatic ring is 1. The molecular weight excluding hydrogens is 190 g/mol. The monoisotopic (exact) mass is 207 g/mol. The summed E-state index contributed by atoms with van der Waals surface area (Å²) >= 11 is 0. The predicted octanol–water partition coefficient (Wildman–Crippen LogP) is 2.46. The fourth-order valence-corrected chi connectivity index (χ4v) is 1.55. The van der Waals surface area contributed by atoms with Crippen molar-refractivity contribution in [1.82, 2.24) is 0 Å². The molecular formula is C12H17NO2. The van der Waals surface area contributed by atoms with E-state index in [9.17, 15) is 0 Å². The molecule has 2 N–H and O–H groups in total. The quantitative estimate of drug-likeness (QED) is 0.754. The molecule has 82 valence electrons. The zero-order valence-electron chi connectivity index (χ0n) is 9.03. The Kier molecular flexibility index (Phi) is 2.99. The lowest BCUT2D eigenvalue weighted by Gasteiger charge is -2.10. The Balaban J connectivity index is 1.94. The second-order valence-corrected chi connectivity index (χ2v) is 3.99. The van der Waals surface area contributed by atoms with Crippen molar-refractivity contribution in [3.8, 4) is 11.5 Å². The summed E-state index contributed by atoms with van der Waals surface area (Å²) in [4.78, 5) is 0. The predicted molar refractivity (Wildman–Crippen MR) is 60.2 cm³/mol. The Morgan fingerprint density at radius 1 is 1.33 bits per heavy atom. The number of anilines is 1. The van der Waals surface area contributed by atoms with Gasteiger partial charge in [0.05, 0.1) is 13.7 Å². The van der Waals surface area contributed by atoms with E-state index in [1.807, 2.05) is 18.2 Å². The van der Waals surface area contributed by atoms with E-state index >= 15 is 0 Å². The molecule has 0 heterocycles. The Hall–Kier alpha value is -1.38. The molecule has 2 rings (SSSR count). The topological polar surface area (TPSA) is 44.5 Å². The lowest BCUT2D eigenvalue weighted by atomic mass is 10.3. The van der Waals surface area contributed by atoms with Gasteiger partial charge in [-0.2, -0.15) is 0 Å². The highest BCUT2D eigenvalue weighted by molar-refractivity contribution is 5.51. The molecule has 1 aliphatic carbocycles. The molecule has 0 atom stereocenters. The van der Waals surface area contributed by atoms with Crippen molar-refractivity contribution in [2.75, 3.05) is 19.5 Å². The molecule has 1 aliphatic rings. The van der Waals surface area contributed by atoms with Crippen LogP contribution in [0, 0.1) is 5.92 Å². The maximum absolute atomic E-state index is 5.69. The van der Waals surface area contributed by atoms with Gasteiger partial charge in [0, 0.05) is 11.8 Å². The van der Waals surface area contributed by atoms with Gasteiger partial charge >= 0.3 is 0 Å². The fraction of sp³-hybridized carbons (Fsp3) is 0.500. The van der Waals surface area contributed by atoms with E-state index in [0.29, 0.717) is 5.69 Å². The van der Waals surface area contributed by atoms with Crippen LogP contribution < -0.4 is 15.2 Å². The first-order valence-electron chi connectivity index (χ1n) is 5.36. The van der Waals surface area contributed by atoms with Crippen LogP contribution in [0.15, 0.2) is 18.2 Å². The van der Waals surface area contributed by atoms with Crippen LogP contribution in [0.2, 0.25) is 0 Å². The summed E-state index contributed by atoms with van der Waals surface area (Å²) in [6.07, 6.45) is 3.85. The van der Waals surface area contributed by atoms with Crippen molar-refractivity contribution < 1.29 is 9.47 Å². The molecule has 0 bridgehead atoms. The minimum Gasteiger partial charge on any atom is -0.493 e. The third-order valence-electron chi connectivity index (χ3n) is 2.67. The van der Waals surface area contributed by atoms with Gasteiger partial charge in [-0.1, -0.05) is 12.8 Å². The summed E-state index contributed by atoms with van der Waals surface area (Å²) in [7, 11) is 1.64. The van der Waals surface area contributed by atoms with Gasteiger partial charge in [-0.15, -0.1) is 0 Å². The van der Waals surface area contributed by atoms with Gasteiger partial charge in [-0.25, -0.2) is 0 Å². The van der Waals surface area contributed by atoms with Crippen molar-refractivity contribution >= 4 is 5.69 Å². The van der Waals surface area contributed by atoms with Crippen molar-refractivity contribution in [3.63, 3.8) is 0 Å². The van der Waals surface area contributed by atoms with E-state index in [0.717, 1.165) is 30.4 Å². The van der Waals surface area contributed by atoms with Crippen LogP contribution in [0.3, 0.4) is 0 Å². The standard InChI is InChI=1S/C12H17NO2/c1-14-11-5-4-10(13)8-12(11)15-7-6-9-2-3-9/h4-5,8-9H,2-3,6-7,13H2,1H3. The molecule has 0 saturated heterocycles. The molecule has 3 nitrogen and oxygen atoms in total. The summed E-state index contributed by atoms with van der Waals surface area (Å²) in [5, 5.41) is 0. The molecule has 15 heavy (non-hydrogen) atoms. The highest BCUT2D eigenvalue weighted by Gasteiger charge is 2.20. The summed E-state index contributed by atoms with van der Waals surface area (Å²) in [6, 6.07) is 5.46. The number of rotatable bonds is 5. The number of nitrogens with two attached hydrogens (primary N) is 1. The number of ether oxygens (including phenoxy) is 2. The third kappa shape index (κ3) is 2.78. The van der Waals surface area contributed by atoms with Gasteiger partial charge in [0.15, 0.2) is 11.5 Å². The molecule has 3 heteroatoms. The molecule has 0 aliphatic heterocycles. The van der Waals surface area contributed by atoms with Gasteiger partial charge in [0.25, 0.3) is 0 Å². The number of methoxy groups -OCH3 is 1. The van der Waals surface area contributed by atoms with Crippen LogP contribution in [-0.2, 0) is 0 Å². The van der Waals surface area contributed by atoms with Gasteiger partial charge in [0.2, 0.25) is 0 Å². The third-order valence-corrected chi connectivity index (χ3v) is 2.67. The number of benzene rings is 1. The average Bonchev–Trinajstić information content (AvgIpc) is 3.02. The van der Waals surface area contributed by atoms with Gasteiger partial charge in [-0.05, 0) is 24.5 Å². The highest BCUT2D eigenvalue weighted by Crippen LogP contribution is 2.33. The molecule has 1 aromatic carbocycles. The van der Waals surface area contributed by atoms with Crippen LogP contribution in [0.4, 0.5) is 5.69 Å². The van der Waals surface area contributed by atoms with E-state index in [1.54, 1.807) is 7.11 Å². The van der Waals surface area contributed by atoms with Gasteiger partial charge in [0.1, 0.15) is 0 Å². The van der Waals surface area contributed by atoms with Crippen LogP contribution >= 0.6 is 0 Å². The zero-order chi connectivity index (χ0) is 10.7. The SMILES string of the molecule is COc1ccc(N)cc1OCCC1CC1. The van der Waals surface area contributed by atoms with Crippen molar-refractivity contribution in [2.24, 2.45) is 5.92 Å². The Labute approximate surface area is 90.2 Å². The van der Waals surface area contributed by atoms with Crippen molar-refractivity contribution in [2.45, 2.75) is 19.3 Å². The summed E-state index contributed by atoms with van der Waals surface area (Å²) in [5.41, 5.74) is 6.40. The van der Waals surface area contributed by atoms with Crippen LogP contribution in [0.1, 0.15) is 19.3 Å². The van der Waals surface area contributed by atoms with E-state index in [4.69, 9.17) is 15.2 Å². The van der Waals surface area contributed by atoms with Crippen LogP contribution in [0.5, 0.6) is 11.5 Å². The van der Waals surface area contributed by atoms with E-state index < -0.39 is 0 Å². The second kappa shape index (κ2) is 4.43. The summed E-state index contributed by atoms with van der Waals surface area (Å²) in [5.74, 6) is 2.38. The normalized spacial score (nSPS) is 15.0. The fourth-order valence-electron chi connectivity index (χ4n) is 1.55. The smallest absolute Gasteiger partial charge is 0.163 e. The molecule has 1 fully saturated rings. The van der Waals surface area contributed by atoms with E-state index in [2.05, 4.69) is 0 Å². The Morgan fingerprint density at radius 3 is 2.80 bits per heavy atom. The molecule has 0 spiro atoms. The first kappa shape index (κ1) is 10.1. The maximum Gasteiger partial charge on any atom is 0.163 e. The Morgan fingerprint density at radius 2 is 2.13 bits per heavy atom. The van der Waals surface area contributed by atoms with Gasteiger partial charge < -0.3 is 15.2 Å². The lowest BCUT2D eigenvalue weighted by Crippen LogP contribution is -2.00. The van der Waals surface area contributed by atoms with E-state index in [-0.39, 0.29) is 0 Å². The van der Waals surface area contributed by atoms with E-state index in [1.165, 1.54) is 12.8 Å². The van der Waals surface area contributed by atoms with Crippen LogP contribution in [-0.4, -0.2) is 13.7 Å². The first-order valence-corrected chi connectivity index (χ1v) is 5.36. The largest absolute Gasteiger partial charge is 0.493 e. The highest BCUT2D eigenvalue weighted by atomic mass is 16.5. The molecule has 0 radical (unpaired) electrons. The maximum atomic E-state index is 5.69. The minimum absolute atomic E-state index is 0.706. The molecule has 0 amide bonds. The molecule has 0 aromatic heterocycles. The Bertz CT molecular complexity index is 334. The van der Waals surface area contributed by atoms with Crippen molar-refractivity contribution in [1.29, 1.82) is 0 Å². The molecule has 0 unspecified atom stereocenters. The lowest BCUT2D eigenvalue weighted by molar-refractivity contribution is 0.283. The zero-order valence-corrected chi connectivity index (χ0v) is 9.03. The van der Waals surface area contributed by atoms with Crippen LogP contribution in [0.25, 0.3) is 0 Å². The summed E-state index contributed by atoms with van der Waals surface area (Å²) in [6.45, 7) is 0.754. The van der Waals surface area contributed by atoms with Crippen molar-refractivity contribution in [3.05, 3.63) is 18.2 Å².